The topological polar surface area (TPSA) is 58.6 Å². The maximum Gasteiger partial charge on any atom is 0.303 e. The van der Waals surface area contributed by atoms with Crippen LogP contribution in [0.15, 0.2) is 18.2 Å². The molecule has 1 rings (SSSR count). The maximum atomic E-state index is 13.5. The number of hydrogen-bond donors (Lipinski definition) is 2. The van der Waals surface area contributed by atoms with E-state index in [9.17, 15) is 9.18 Å². The van der Waals surface area contributed by atoms with Gasteiger partial charge >= 0.3 is 5.97 Å². The predicted octanol–water partition coefficient (Wildman–Crippen LogP) is 1.79. The summed E-state index contributed by atoms with van der Waals surface area (Å²) < 4.78 is 18.4. The summed E-state index contributed by atoms with van der Waals surface area (Å²) >= 11 is 0. The maximum absolute atomic E-state index is 13.5. The zero-order valence-electron chi connectivity index (χ0n) is 9.70. The number of aliphatic carboxylic acids is 1. The summed E-state index contributed by atoms with van der Waals surface area (Å²) in [4.78, 5) is 10.3. The Morgan fingerprint density at radius 2 is 2.29 bits per heavy atom. The van der Waals surface area contributed by atoms with Gasteiger partial charge in [0, 0.05) is 24.6 Å². The lowest BCUT2D eigenvalue weighted by molar-refractivity contribution is -0.137. The molecule has 0 saturated carbocycles. The molecule has 1 aromatic rings. The van der Waals surface area contributed by atoms with E-state index in [0.29, 0.717) is 30.8 Å². The van der Waals surface area contributed by atoms with Crippen LogP contribution in [0.25, 0.3) is 0 Å². The minimum absolute atomic E-state index is 0.123. The Hall–Kier alpha value is -1.62. The number of carboxylic acid groups (broad SMARTS) is 1. The van der Waals surface area contributed by atoms with E-state index in [2.05, 4.69) is 5.32 Å². The van der Waals surface area contributed by atoms with E-state index in [4.69, 9.17) is 9.84 Å². The molecule has 0 bridgehead atoms. The Morgan fingerprint density at radius 3 is 2.88 bits per heavy atom. The normalized spacial score (nSPS) is 10.2. The van der Waals surface area contributed by atoms with Crippen LogP contribution in [0.4, 0.5) is 4.39 Å². The van der Waals surface area contributed by atoms with Crippen LogP contribution in [-0.2, 0) is 11.3 Å². The average Bonchev–Trinajstić information content (AvgIpc) is 2.30. The highest BCUT2D eigenvalue weighted by Crippen LogP contribution is 2.15. The number of hydrogen-bond acceptors (Lipinski definition) is 3. The predicted molar refractivity (Wildman–Crippen MR) is 61.5 cm³/mol. The zero-order valence-corrected chi connectivity index (χ0v) is 9.70. The lowest BCUT2D eigenvalue weighted by Crippen LogP contribution is -2.16. The van der Waals surface area contributed by atoms with E-state index in [-0.39, 0.29) is 12.2 Å². The van der Waals surface area contributed by atoms with E-state index < -0.39 is 5.97 Å². The number of carbonyl (C=O) groups is 1. The van der Waals surface area contributed by atoms with Crippen LogP contribution in [0.2, 0.25) is 0 Å². The van der Waals surface area contributed by atoms with Gasteiger partial charge in [-0.25, -0.2) is 4.39 Å². The fourth-order valence-electron chi connectivity index (χ4n) is 1.39. The number of methoxy groups -OCH3 is 1. The van der Waals surface area contributed by atoms with Gasteiger partial charge < -0.3 is 15.2 Å². The molecule has 0 aromatic heterocycles. The van der Waals surface area contributed by atoms with Crippen molar-refractivity contribution in [1.29, 1.82) is 0 Å². The van der Waals surface area contributed by atoms with Crippen molar-refractivity contribution in [3.8, 4) is 5.75 Å². The molecule has 2 N–H and O–H groups in total. The Bertz CT molecular complexity index is 382. The number of halogens is 1. The fourth-order valence-corrected chi connectivity index (χ4v) is 1.39. The van der Waals surface area contributed by atoms with Crippen molar-refractivity contribution in [3.05, 3.63) is 29.6 Å². The van der Waals surface area contributed by atoms with Gasteiger partial charge in [-0.05, 0) is 19.0 Å². The minimum Gasteiger partial charge on any atom is -0.497 e. The standard InChI is InChI=1S/C12H16FNO3/c1-17-10-5-4-9(11(13)7-10)8-14-6-2-3-12(15)16/h4-5,7,14H,2-3,6,8H2,1H3,(H,15,16). The quantitative estimate of drug-likeness (QED) is 0.714. The van der Waals surface area contributed by atoms with Gasteiger partial charge in [0.2, 0.25) is 0 Å². The summed E-state index contributed by atoms with van der Waals surface area (Å²) in [5.41, 5.74) is 0.543. The van der Waals surface area contributed by atoms with E-state index in [0.717, 1.165) is 0 Å². The monoisotopic (exact) mass is 241 g/mol. The molecule has 0 fully saturated rings. The number of benzene rings is 1. The van der Waals surface area contributed by atoms with Gasteiger partial charge in [-0.2, -0.15) is 0 Å². The van der Waals surface area contributed by atoms with Gasteiger partial charge in [0.25, 0.3) is 0 Å². The van der Waals surface area contributed by atoms with Crippen LogP contribution in [0.3, 0.4) is 0 Å². The van der Waals surface area contributed by atoms with E-state index in [1.165, 1.54) is 13.2 Å². The van der Waals surface area contributed by atoms with Crippen molar-refractivity contribution < 1.29 is 19.0 Å². The van der Waals surface area contributed by atoms with Gasteiger partial charge in [0.15, 0.2) is 0 Å². The molecule has 0 aliphatic rings. The molecule has 1 aromatic carbocycles. The Balaban J connectivity index is 2.34. The largest absolute Gasteiger partial charge is 0.497 e. The molecule has 0 heterocycles. The molecular weight excluding hydrogens is 225 g/mol. The molecule has 0 unspecified atom stereocenters. The SMILES string of the molecule is COc1ccc(CNCCCC(=O)O)c(F)c1. The Morgan fingerprint density at radius 1 is 1.53 bits per heavy atom. The van der Waals surface area contributed by atoms with E-state index in [1.54, 1.807) is 12.1 Å². The number of carboxylic acids is 1. The molecule has 94 valence electrons. The summed E-state index contributed by atoms with van der Waals surface area (Å²) in [6.07, 6.45) is 0.658. The van der Waals surface area contributed by atoms with Crippen LogP contribution in [0.1, 0.15) is 18.4 Å². The fraction of sp³-hybridized carbons (Fsp3) is 0.417. The number of nitrogens with one attached hydrogen (secondary N) is 1. The lowest BCUT2D eigenvalue weighted by Gasteiger charge is -2.06. The highest BCUT2D eigenvalue weighted by molar-refractivity contribution is 5.66. The van der Waals surface area contributed by atoms with Gasteiger partial charge in [-0.3, -0.25) is 4.79 Å². The lowest BCUT2D eigenvalue weighted by atomic mass is 10.2. The molecule has 0 saturated heterocycles. The van der Waals surface area contributed by atoms with E-state index >= 15 is 0 Å². The van der Waals surface area contributed by atoms with Crippen molar-refractivity contribution in [2.24, 2.45) is 0 Å². The third-order valence-electron chi connectivity index (χ3n) is 2.32. The van der Waals surface area contributed by atoms with Crippen molar-refractivity contribution in [2.75, 3.05) is 13.7 Å². The highest BCUT2D eigenvalue weighted by atomic mass is 19.1. The summed E-state index contributed by atoms with van der Waals surface area (Å²) in [5.74, 6) is -0.658. The van der Waals surface area contributed by atoms with Gasteiger partial charge in [0.1, 0.15) is 11.6 Å². The Kier molecular flexibility index (Phi) is 5.42. The zero-order chi connectivity index (χ0) is 12.7. The van der Waals surface area contributed by atoms with Crippen molar-refractivity contribution in [2.45, 2.75) is 19.4 Å². The van der Waals surface area contributed by atoms with E-state index in [1.807, 2.05) is 0 Å². The third kappa shape index (κ3) is 4.82. The first-order valence-electron chi connectivity index (χ1n) is 5.38. The van der Waals surface area contributed by atoms with Gasteiger partial charge in [0.05, 0.1) is 7.11 Å². The molecular formula is C12H16FNO3. The second-order valence-electron chi connectivity index (χ2n) is 3.63. The van der Waals surface area contributed by atoms with Crippen LogP contribution < -0.4 is 10.1 Å². The smallest absolute Gasteiger partial charge is 0.303 e. The first-order valence-corrected chi connectivity index (χ1v) is 5.38. The average molecular weight is 241 g/mol. The molecule has 4 nitrogen and oxygen atoms in total. The summed E-state index contributed by atoms with van der Waals surface area (Å²) in [6, 6.07) is 4.67. The molecule has 5 heteroatoms. The summed E-state index contributed by atoms with van der Waals surface area (Å²) in [6.45, 7) is 0.938. The molecule has 0 spiro atoms. The van der Waals surface area contributed by atoms with Gasteiger partial charge in [-0.1, -0.05) is 6.07 Å². The summed E-state index contributed by atoms with van der Waals surface area (Å²) in [7, 11) is 1.48. The van der Waals surface area contributed by atoms with Crippen LogP contribution in [0.5, 0.6) is 5.75 Å². The van der Waals surface area contributed by atoms with Crippen LogP contribution in [0, 0.1) is 5.82 Å². The highest BCUT2D eigenvalue weighted by Gasteiger charge is 2.03. The molecule has 0 amide bonds. The van der Waals surface area contributed by atoms with Crippen LogP contribution >= 0.6 is 0 Å². The molecule has 0 aliphatic carbocycles. The second kappa shape index (κ2) is 6.85. The Labute approximate surface area is 99.4 Å². The van der Waals surface area contributed by atoms with Gasteiger partial charge in [-0.15, -0.1) is 0 Å². The van der Waals surface area contributed by atoms with Crippen molar-refractivity contribution in [1.82, 2.24) is 5.32 Å². The van der Waals surface area contributed by atoms with Crippen LogP contribution in [-0.4, -0.2) is 24.7 Å². The minimum atomic E-state index is -0.817. The second-order valence-corrected chi connectivity index (χ2v) is 3.63. The number of rotatable bonds is 7. The van der Waals surface area contributed by atoms with Crippen molar-refractivity contribution in [3.63, 3.8) is 0 Å². The molecule has 0 radical (unpaired) electrons. The molecule has 0 aliphatic heterocycles. The summed E-state index contributed by atoms with van der Waals surface area (Å²) in [5, 5.41) is 11.4. The first-order chi connectivity index (χ1) is 8.13. The number of ether oxygens (including phenoxy) is 1. The first kappa shape index (κ1) is 13.4. The van der Waals surface area contributed by atoms with Crippen molar-refractivity contribution >= 4 is 5.97 Å². The molecule has 0 atom stereocenters. The molecule has 17 heavy (non-hydrogen) atoms. The third-order valence-corrected chi connectivity index (χ3v) is 2.32.